The minimum absolute atomic E-state index is 0.0523. The van der Waals surface area contributed by atoms with Gasteiger partial charge in [-0.25, -0.2) is 14.0 Å². The van der Waals surface area contributed by atoms with Crippen molar-refractivity contribution in [2.75, 3.05) is 56.9 Å². The second-order valence-corrected chi connectivity index (χ2v) is 8.48. The highest BCUT2D eigenvalue weighted by atomic mass is 19.1. The number of likely N-dealkylation sites (N-methyl/N-ethyl adjacent to an activating group) is 1. The van der Waals surface area contributed by atoms with Crippen molar-refractivity contribution in [3.8, 4) is 0 Å². The van der Waals surface area contributed by atoms with Crippen molar-refractivity contribution in [3.63, 3.8) is 0 Å². The summed E-state index contributed by atoms with van der Waals surface area (Å²) in [5.41, 5.74) is 1.89. The Labute approximate surface area is 204 Å². The van der Waals surface area contributed by atoms with Crippen molar-refractivity contribution in [2.24, 2.45) is 0 Å². The molecule has 0 bridgehead atoms. The maximum absolute atomic E-state index is 15.1. The van der Waals surface area contributed by atoms with Gasteiger partial charge in [-0.05, 0) is 25.1 Å². The van der Waals surface area contributed by atoms with Gasteiger partial charge in [0.25, 0.3) is 0 Å². The molecule has 0 spiro atoms. The maximum atomic E-state index is 15.1. The van der Waals surface area contributed by atoms with E-state index in [0.717, 1.165) is 5.69 Å². The van der Waals surface area contributed by atoms with E-state index in [9.17, 15) is 14.4 Å². The molecule has 3 rings (SSSR count). The zero-order valence-electron chi connectivity index (χ0n) is 20.3. The molecule has 10 nitrogen and oxygen atoms in total. The standard InChI is InChI=1S/C24H32FN7O3/c1-17-7-8-20(15-27-17)28-23(34)29-21-6-4-5-19(22(21)25)16-31-11-13-32(14-12-31)24(35)26-9-10-30(3)18(2)33/h4-8,15H,9-14,16H2,1-3H3,(H,26,35)(H2,28,29,34). The van der Waals surface area contributed by atoms with E-state index in [2.05, 4.69) is 25.8 Å². The maximum Gasteiger partial charge on any atom is 0.323 e. The third-order valence-electron chi connectivity index (χ3n) is 5.81. The Bertz CT molecular complexity index is 1040. The van der Waals surface area contributed by atoms with Gasteiger partial charge >= 0.3 is 12.1 Å². The number of pyridine rings is 1. The number of nitrogens with one attached hydrogen (secondary N) is 3. The lowest BCUT2D eigenvalue weighted by atomic mass is 10.1. The number of amides is 5. The van der Waals surface area contributed by atoms with Gasteiger partial charge in [-0.15, -0.1) is 0 Å². The van der Waals surface area contributed by atoms with Crippen LogP contribution in [0.3, 0.4) is 0 Å². The number of aromatic nitrogens is 1. The minimum Gasteiger partial charge on any atom is -0.344 e. The average Bonchev–Trinajstić information content (AvgIpc) is 2.83. The molecule has 0 aliphatic carbocycles. The van der Waals surface area contributed by atoms with E-state index in [1.165, 1.54) is 19.2 Å². The number of benzene rings is 1. The summed E-state index contributed by atoms with van der Waals surface area (Å²) in [6.07, 6.45) is 1.53. The molecule has 1 aromatic carbocycles. The van der Waals surface area contributed by atoms with E-state index in [4.69, 9.17) is 0 Å². The van der Waals surface area contributed by atoms with Crippen LogP contribution in [-0.2, 0) is 11.3 Å². The number of rotatable bonds is 7. The first-order chi connectivity index (χ1) is 16.7. The van der Waals surface area contributed by atoms with Crippen LogP contribution in [0.1, 0.15) is 18.2 Å². The Balaban J connectivity index is 1.47. The van der Waals surface area contributed by atoms with Crippen molar-refractivity contribution in [1.29, 1.82) is 0 Å². The molecule has 2 aromatic rings. The molecule has 5 amide bonds. The van der Waals surface area contributed by atoms with Gasteiger partial charge in [-0.2, -0.15) is 0 Å². The number of carbonyl (C=O) groups is 3. The SMILES string of the molecule is CC(=O)N(C)CCNC(=O)N1CCN(Cc2cccc(NC(=O)Nc3ccc(C)nc3)c2F)CC1. The van der Waals surface area contributed by atoms with E-state index in [1.54, 1.807) is 41.1 Å². The second-order valence-electron chi connectivity index (χ2n) is 8.48. The molecular formula is C24H32FN7O3. The Morgan fingerprint density at radius 2 is 1.83 bits per heavy atom. The molecular weight excluding hydrogens is 453 g/mol. The molecule has 188 valence electrons. The van der Waals surface area contributed by atoms with Gasteiger partial charge in [-0.3, -0.25) is 14.7 Å². The number of carbonyl (C=O) groups excluding carboxylic acids is 3. The molecule has 1 aliphatic heterocycles. The molecule has 1 aromatic heterocycles. The van der Waals surface area contributed by atoms with Crippen LogP contribution in [0.4, 0.5) is 25.4 Å². The number of anilines is 2. The molecule has 0 radical (unpaired) electrons. The Morgan fingerprint density at radius 3 is 2.49 bits per heavy atom. The Hall–Kier alpha value is -3.73. The Kier molecular flexibility index (Phi) is 8.96. The van der Waals surface area contributed by atoms with Crippen LogP contribution >= 0.6 is 0 Å². The van der Waals surface area contributed by atoms with Crippen molar-refractivity contribution < 1.29 is 18.8 Å². The predicted octanol–water partition coefficient (Wildman–Crippen LogP) is 2.48. The monoisotopic (exact) mass is 485 g/mol. The van der Waals surface area contributed by atoms with E-state index in [0.29, 0.717) is 57.1 Å². The summed E-state index contributed by atoms with van der Waals surface area (Å²) in [6, 6.07) is 7.66. The summed E-state index contributed by atoms with van der Waals surface area (Å²) in [5, 5.41) is 8.01. The zero-order chi connectivity index (χ0) is 25.4. The number of aryl methyl sites for hydroxylation is 1. The first kappa shape index (κ1) is 25.9. The van der Waals surface area contributed by atoms with Crippen molar-refractivity contribution in [1.82, 2.24) is 25.0 Å². The van der Waals surface area contributed by atoms with Crippen molar-refractivity contribution in [3.05, 3.63) is 53.6 Å². The first-order valence-electron chi connectivity index (χ1n) is 11.5. The van der Waals surface area contributed by atoms with Gasteiger partial charge in [0.1, 0.15) is 0 Å². The van der Waals surface area contributed by atoms with Crippen LogP contribution in [-0.4, -0.2) is 84.0 Å². The summed E-state index contributed by atoms with van der Waals surface area (Å²) in [4.78, 5) is 45.3. The molecule has 1 saturated heterocycles. The number of nitrogens with zero attached hydrogens (tertiary/aromatic N) is 4. The quantitative estimate of drug-likeness (QED) is 0.558. The highest BCUT2D eigenvalue weighted by molar-refractivity contribution is 5.99. The number of piperazine rings is 1. The number of urea groups is 2. The van der Waals surface area contributed by atoms with Gasteiger partial charge in [0.15, 0.2) is 5.82 Å². The van der Waals surface area contributed by atoms with E-state index >= 15 is 4.39 Å². The second kappa shape index (κ2) is 12.1. The number of hydrogen-bond donors (Lipinski definition) is 3. The van der Waals surface area contributed by atoms with Crippen LogP contribution in [0.5, 0.6) is 0 Å². The van der Waals surface area contributed by atoms with Gasteiger partial charge < -0.3 is 25.8 Å². The van der Waals surface area contributed by atoms with Crippen molar-refractivity contribution in [2.45, 2.75) is 20.4 Å². The summed E-state index contributed by atoms with van der Waals surface area (Å²) in [7, 11) is 1.69. The molecule has 2 heterocycles. The molecule has 35 heavy (non-hydrogen) atoms. The van der Waals surface area contributed by atoms with E-state index in [1.807, 2.05) is 6.92 Å². The predicted molar refractivity (Wildman–Crippen MR) is 132 cm³/mol. The summed E-state index contributed by atoms with van der Waals surface area (Å²) in [6.45, 7) is 6.74. The average molecular weight is 486 g/mol. The third-order valence-corrected chi connectivity index (χ3v) is 5.81. The first-order valence-corrected chi connectivity index (χ1v) is 11.5. The molecule has 1 fully saturated rings. The normalized spacial score (nSPS) is 13.8. The minimum atomic E-state index is -0.555. The third kappa shape index (κ3) is 7.64. The number of hydrogen-bond acceptors (Lipinski definition) is 5. The fraction of sp³-hybridized carbons (Fsp3) is 0.417. The van der Waals surface area contributed by atoms with Crippen LogP contribution < -0.4 is 16.0 Å². The van der Waals surface area contributed by atoms with Gasteiger partial charge in [0.2, 0.25) is 5.91 Å². The summed E-state index contributed by atoms with van der Waals surface area (Å²) in [5.74, 6) is -0.539. The molecule has 3 N–H and O–H groups in total. The van der Waals surface area contributed by atoms with Crippen LogP contribution in [0.2, 0.25) is 0 Å². The molecule has 1 aliphatic rings. The fourth-order valence-electron chi connectivity index (χ4n) is 3.57. The molecule has 11 heteroatoms. The number of halogens is 1. The van der Waals surface area contributed by atoms with Crippen LogP contribution in [0, 0.1) is 12.7 Å². The van der Waals surface area contributed by atoms with Crippen LogP contribution in [0.15, 0.2) is 36.5 Å². The lowest BCUT2D eigenvalue weighted by Gasteiger charge is -2.35. The summed E-state index contributed by atoms with van der Waals surface area (Å²) >= 11 is 0. The van der Waals surface area contributed by atoms with Gasteiger partial charge in [0, 0.05) is 71.0 Å². The fourth-order valence-corrected chi connectivity index (χ4v) is 3.57. The largest absolute Gasteiger partial charge is 0.344 e. The smallest absolute Gasteiger partial charge is 0.323 e. The highest BCUT2D eigenvalue weighted by Gasteiger charge is 2.22. The Morgan fingerprint density at radius 1 is 1.09 bits per heavy atom. The van der Waals surface area contributed by atoms with Gasteiger partial charge in [-0.1, -0.05) is 12.1 Å². The van der Waals surface area contributed by atoms with E-state index in [-0.39, 0.29) is 17.6 Å². The van der Waals surface area contributed by atoms with Gasteiger partial charge in [0.05, 0.1) is 17.6 Å². The van der Waals surface area contributed by atoms with Crippen LogP contribution in [0.25, 0.3) is 0 Å². The van der Waals surface area contributed by atoms with Crippen molar-refractivity contribution >= 4 is 29.3 Å². The molecule has 0 atom stereocenters. The molecule has 0 saturated carbocycles. The summed E-state index contributed by atoms with van der Waals surface area (Å²) < 4.78 is 15.1. The van der Waals surface area contributed by atoms with E-state index < -0.39 is 11.8 Å². The molecule has 0 unspecified atom stereocenters. The zero-order valence-corrected chi connectivity index (χ0v) is 20.3. The lowest BCUT2D eigenvalue weighted by Crippen LogP contribution is -2.52. The topological polar surface area (TPSA) is 110 Å². The highest BCUT2D eigenvalue weighted by Crippen LogP contribution is 2.20. The lowest BCUT2D eigenvalue weighted by molar-refractivity contribution is -0.127.